The highest BCUT2D eigenvalue weighted by molar-refractivity contribution is 6.04. The van der Waals surface area contributed by atoms with Gasteiger partial charge in [-0.15, -0.1) is 0 Å². The normalized spacial score (nSPS) is 10.3. The maximum atomic E-state index is 12.3. The van der Waals surface area contributed by atoms with Gasteiger partial charge in [0.25, 0.3) is 5.91 Å². The molecule has 0 aliphatic rings. The van der Waals surface area contributed by atoms with Crippen molar-refractivity contribution in [1.29, 1.82) is 0 Å². The second-order valence-electron chi connectivity index (χ2n) is 5.29. The molecular weight excluding hydrogens is 312 g/mol. The summed E-state index contributed by atoms with van der Waals surface area (Å²) in [5.41, 5.74) is 0.487. The van der Waals surface area contributed by atoms with Crippen molar-refractivity contribution in [3.63, 3.8) is 0 Å². The van der Waals surface area contributed by atoms with Crippen molar-refractivity contribution in [2.24, 2.45) is 0 Å². The molecule has 0 atom stereocenters. The van der Waals surface area contributed by atoms with Crippen LogP contribution < -0.4 is 14.8 Å². The van der Waals surface area contributed by atoms with Crippen molar-refractivity contribution in [2.45, 2.75) is 20.0 Å². The highest BCUT2D eigenvalue weighted by Gasteiger charge is 2.16. The predicted octanol–water partition coefficient (Wildman–Crippen LogP) is 3.64. The van der Waals surface area contributed by atoms with E-state index in [2.05, 4.69) is 5.32 Å². The SMILES string of the molecule is COc1ccc(NC(=O)c2cccc(OC(C)C)c2)cc1[N+](=O)[O-]. The van der Waals surface area contributed by atoms with E-state index in [0.717, 1.165) is 0 Å². The number of rotatable bonds is 6. The third kappa shape index (κ3) is 4.22. The smallest absolute Gasteiger partial charge is 0.312 e. The highest BCUT2D eigenvalue weighted by atomic mass is 16.6. The number of ether oxygens (including phenoxy) is 2. The van der Waals surface area contributed by atoms with Crippen LogP contribution in [0.4, 0.5) is 11.4 Å². The van der Waals surface area contributed by atoms with E-state index in [4.69, 9.17) is 9.47 Å². The van der Waals surface area contributed by atoms with Crippen LogP contribution in [0.15, 0.2) is 42.5 Å². The lowest BCUT2D eigenvalue weighted by Gasteiger charge is -2.11. The molecule has 0 saturated heterocycles. The van der Waals surface area contributed by atoms with Crippen LogP contribution in [0.3, 0.4) is 0 Å². The Morgan fingerprint density at radius 1 is 1.21 bits per heavy atom. The number of hydrogen-bond donors (Lipinski definition) is 1. The number of anilines is 1. The summed E-state index contributed by atoms with van der Waals surface area (Å²) < 4.78 is 10.5. The van der Waals surface area contributed by atoms with Gasteiger partial charge in [-0.25, -0.2) is 0 Å². The molecule has 7 heteroatoms. The van der Waals surface area contributed by atoms with Crippen molar-refractivity contribution in [1.82, 2.24) is 0 Å². The van der Waals surface area contributed by atoms with Gasteiger partial charge in [-0.2, -0.15) is 0 Å². The number of benzene rings is 2. The molecule has 1 N–H and O–H groups in total. The van der Waals surface area contributed by atoms with Crippen LogP contribution in [0.25, 0.3) is 0 Å². The summed E-state index contributed by atoms with van der Waals surface area (Å²) in [5.74, 6) is 0.326. The molecule has 24 heavy (non-hydrogen) atoms. The highest BCUT2D eigenvalue weighted by Crippen LogP contribution is 2.30. The van der Waals surface area contributed by atoms with Crippen LogP contribution in [0.2, 0.25) is 0 Å². The van der Waals surface area contributed by atoms with Crippen LogP contribution >= 0.6 is 0 Å². The molecule has 0 aliphatic carbocycles. The molecule has 7 nitrogen and oxygen atoms in total. The molecule has 0 fully saturated rings. The zero-order valence-corrected chi connectivity index (χ0v) is 13.6. The van der Waals surface area contributed by atoms with E-state index in [0.29, 0.717) is 17.0 Å². The molecule has 0 heterocycles. The molecule has 0 aromatic heterocycles. The quantitative estimate of drug-likeness (QED) is 0.645. The van der Waals surface area contributed by atoms with Gasteiger partial charge < -0.3 is 14.8 Å². The Balaban J connectivity index is 2.20. The molecule has 2 aromatic carbocycles. The molecule has 126 valence electrons. The van der Waals surface area contributed by atoms with Crippen molar-refractivity contribution >= 4 is 17.3 Å². The number of nitrogens with one attached hydrogen (secondary N) is 1. The zero-order chi connectivity index (χ0) is 17.7. The summed E-state index contributed by atoms with van der Waals surface area (Å²) in [7, 11) is 1.35. The molecular formula is C17H18N2O5. The lowest BCUT2D eigenvalue weighted by molar-refractivity contribution is -0.385. The number of carbonyl (C=O) groups is 1. The van der Waals surface area contributed by atoms with Crippen molar-refractivity contribution in [3.05, 3.63) is 58.1 Å². The summed E-state index contributed by atoms with van der Waals surface area (Å²) in [6.07, 6.45) is -0.00690. The zero-order valence-electron chi connectivity index (χ0n) is 13.6. The first-order valence-corrected chi connectivity index (χ1v) is 7.31. The molecule has 2 rings (SSSR count). The van der Waals surface area contributed by atoms with Gasteiger partial charge in [-0.1, -0.05) is 6.07 Å². The molecule has 0 saturated carbocycles. The molecule has 0 bridgehead atoms. The van der Waals surface area contributed by atoms with Gasteiger partial charge in [-0.05, 0) is 44.2 Å². The lowest BCUT2D eigenvalue weighted by Crippen LogP contribution is -2.13. The van der Waals surface area contributed by atoms with E-state index in [9.17, 15) is 14.9 Å². The molecule has 2 aromatic rings. The van der Waals surface area contributed by atoms with E-state index in [1.807, 2.05) is 13.8 Å². The third-order valence-electron chi connectivity index (χ3n) is 3.10. The Labute approximate surface area is 139 Å². The minimum absolute atomic E-state index is 0.00690. The molecule has 0 radical (unpaired) electrons. The Kier molecular flexibility index (Phi) is 5.36. The van der Waals surface area contributed by atoms with Crippen LogP contribution in [-0.2, 0) is 0 Å². The summed E-state index contributed by atoms with van der Waals surface area (Å²) in [4.78, 5) is 22.8. The average molecular weight is 330 g/mol. The van der Waals surface area contributed by atoms with Crippen molar-refractivity contribution in [3.8, 4) is 11.5 Å². The number of amides is 1. The number of nitro groups is 1. The summed E-state index contributed by atoms with van der Waals surface area (Å²) in [6.45, 7) is 3.78. The predicted molar refractivity (Wildman–Crippen MR) is 89.8 cm³/mol. The standard InChI is InChI=1S/C17H18N2O5/c1-11(2)24-14-6-4-5-12(9-14)17(20)18-13-7-8-16(23-3)15(10-13)19(21)22/h4-11H,1-3H3,(H,18,20). The fourth-order valence-corrected chi connectivity index (χ4v) is 2.10. The van der Waals surface area contributed by atoms with Gasteiger partial charge in [0, 0.05) is 17.3 Å². The van der Waals surface area contributed by atoms with Gasteiger partial charge in [0.1, 0.15) is 5.75 Å². The van der Waals surface area contributed by atoms with E-state index >= 15 is 0 Å². The van der Waals surface area contributed by atoms with Crippen LogP contribution in [0.5, 0.6) is 11.5 Å². The summed E-state index contributed by atoms with van der Waals surface area (Å²) >= 11 is 0. The number of nitrogens with zero attached hydrogens (tertiary/aromatic N) is 1. The maximum absolute atomic E-state index is 12.3. The van der Waals surface area contributed by atoms with E-state index < -0.39 is 4.92 Å². The van der Waals surface area contributed by atoms with Crippen LogP contribution in [-0.4, -0.2) is 24.0 Å². The first-order chi connectivity index (χ1) is 11.4. The average Bonchev–Trinajstić information content (AvgIpc) is 2.54. The van der Waals surface area contributed by atoms with Gasteiger partial charge in [0.15, 0.2) is 5.75 Å². The second kappa shape index (κ2) is 7.45. The molecule has 0 aliphatic heterocycles. The first kappa shape index (κ1) is 17.3. The lowest BCUT2D eigenvalue weighted by atomic mass is 10.2. The Hall–Kier alpha value is -3.09. The minimum atomic E-state index is -0.564. The fraction of sp³-hybridized carbons (Fsp3) is 0.235. The van der Waals surface area contributed by atoms with Gasteiger partial charge in [0.2, 0.25) is 0 Å². The molecule has 0 unspecified atom stereocenters. The van der Waals surface area contributed by atoms with Crippen molar-refractivity contribution < 1.29 is 19.2 Å². The Morgan fingerprint density at radius 3 is 2.58 bits per heavy atom. The Bertz CT molecular complexity index is 758. The molecule has 1 amide bonds. The number of carbonyl (C=O) groups excluding carboxylic acids is 1. The van der Waals surface area contributed by atoms with Gasteiger partial charge in [0.05, 0.1) is 18.1 Å². The first-order valence-electron chi connectivity index (χ1n) is 7.31. The number of methoxy groups -OCH3 is 1. The molecule has 0 spiro atoms. The van der Waals surface area contributed by atoms with Crippen LogP contribution in [0.1, 0.15) is 24.2 Å². The van der Waals surface area contributed by atoms with E-state index in [-0.39, 0.29) is 23.4 Å². The Morgan fingerprint density at radius 2 is 1.96 bits per heavy atom. The topological polar surface area (TPSA) is 90.7 Å². The third-order valence-corrected chi connectivity index (χ3v) is 3.10. The maximum Gasteiger partial charge on any atom is 0.312 e. The fourth-order valence-electron chi connectivity index (χ4n) is 2.10. The van der Waals surface area contributed by atoms with E-state index in [1.165, 1.54) is 25.3 Å². The van der Waals surface area contributed by atoms with Crippen LogP contribution in [0, 0.1) is 10.1 Å². The van der Waals surface area contributed by atoms with Crippen molar-refractivity contribution in [2.75, 3.05) is 12.4 Å². The summed E-state index contributed by atoms with van der Waals surface area (Å²) in [6, 6.07) is 11.0. The number of nitro benzene ring substituents is 1. The second-order valence-corrected chi connectivity index (χ2v) is 5.29. The monoisotopic (exact) mass is 330 g/mol. The number of hydrogen-bond acceptors (Lipinski definition) is 5. The van der Waals surface area contributed by atoms with E-state index in [1.54, 1.807) is 24.3 Å². The van der Waals surface area contributed by atoms with Gasteiger partial charge in [-0.3, -0.25) is 14.9 Å². The minimum Gasteiger partial charge on any atom is -0.491 e. The van der Waals surface area contributed by atoms with Gasteiger partial charge >= 0.3 is 5.69 Å². The largest absolute Gasteiger partial charge is 0.491 e. The summed E-state index contributed by atoms with van der Waals surface area (Å²) in [5, 5.41) is 13.7.